The molecule has 2 aliphatic heterocycles. The first-order valence-electron chi connectivity index (χ1n) is 8.70. The van der Waals surface area contributed by atoms with E-state index in [1.54, 1.807) is 0 Å². The van der Waals surface area contributed by atoms with Crippen molar-refractivity contribution >= 4 is 17.7 Å². The van der Waals surface area contributed by atoms with Gasteiger partial charge in [-0.25, -0.2) is 0 Å². The molecule has 3 rings (SSSR count). The number of hydrogen-bond acceptors (Lipinski definition) is 4. The molecule has 1 saturated carbocycles. The van der Waals surface area contributed by atoms with Gasteiger partial charge < -0.3 is 9.80 Å². The van der Waals surface area contributed by atoms with Crippen LogP contribution < -0.4 is 0 Å². The number of rotatable bonds is 5. The average molecular weight is 321 g/mol. The molecule has 3 amide bonds. The lowest BCUT2D eigenvalue weighted by atomic mass is 9.81. The zero-order valence-electron chi connectivity index (χ0n) is 14.2. The number of likely N-dealkylation sites (tertiary alicyclic amines) is 2. The maximum absolute atomic E-state index is 12.4. The molecule has 23 heavy (non-hydrogen) atoms. The summed E-state index contributed by atoms with van der Waals surface area (Å²) < 4.78 is 0. The van der Waals surface area contributed by atoms with Gasteiger partial charge in [-0.05, 0) is 39.3 Å². The van der Waals surface area contributed by atoms with E-state index in [0.717, 1.165) is 36.7 Å². The van der Waals surface area contributed by atoms with Crippen LogP contribution in [-0.2, 0) is 14.4 Å². The molecule has 0 spiro atoms. The van der Waals surface area contributed by atoms with E-state index in [4.69, 9.17) is 0 Å². The zero-order chi connectivity index (χ0) is 16.6. The maximum Gasteiger partial charge on any atom is 0.242 e. The summed E-state index contributed by atoms with van der Waals surface area (Å²) in [5.74, 6) is 0.348. The van der Waals surface area contributed by atoms with Crippen LogP contribution >= 0.6 is 0 Å². The van der Waals surface area contributed by atoms with Crippen LogP contribution in [0.25, 0.3) is 0 Å². The van der Waals surface area contributed by atoms with Crippen molar-refractivity contribution in [2.45, 2.75) is 50.5 Å². The van der Waals surface area contributed by atoms with Gasteiger partial charge in [0, 0.05) is 31.5 Å². The highest BCUT2D eigenvalue weighted by atomic mass is 16.2. The lowest BCUT2D eigenvalue weighted by molar-refractivity contribution is -0.146. The fourth-order valence-corrected chi connectivity index (χ4v) is 3.90. The molecule has 6 nitrogen and oxygen atoms in total. The largest absolute Gasteiger partial charge is 0.341 e. The quantitative estimate of drug-likeness (QED) is 0.705. The molecule has 128 valence electrons. The van der Waals surface area contributed by atoms with Crippen LogP contribution in [0, 0.1) is 5.92 Å². The smallest absolute Gasteiger partial charge is 0.242 e. The van der Waals surface area contributed by atoms with E-state index in [1.165, 1.54) is 19.3 Å². The molecular weight excluding hydrogens is 294 g/mol. The van der Waals surface area contributed by atoms with Crippen molar-refractivity contribution in [2.24, 2.45) is 5.92 Å². The zero-order valence-corrected chi connectivity index (χ0v) is 14.2. The van der Waals surface area contributed by atoms with Gasteiger partial charge in [-0.3, -0.25) is 19.3 Å². The Kier molecular flexibility index (Phi) is 4.45. The molecule has 6 heteroatoms. The summed E-state index contributed by atoms with van der Waals surface area (Å²) in [5.41, 5.74) is 0.206. The molecular formula is C17H27N3O3. The normalized spacial score (nSPS) is 24.7. The fraction of sp³-hybridized carbons (Fsp3) is 0.824. The van der Waals surface area contributed by atoms with Crippen molar-refractivity contribution in [3.8, 4) is 0 Å². The first kappa shape index (κ1) is 16.4. The van der Waals surface area contributed by atoms with Crippen molar-refractivity contribution in [3.05, 3.63) is 0 Å². The minimum atomic E-state index is -0.211. The fourth-order valence-electron chi connectivity index (χ4n) is 3.90. The van der Waals surface area contributed by atoms with Gasteiger partial charge in [0.2, 0.25) is 17.7 Å². The molecule has 0 unspecified atom stereocenters. The highest BCUT2D eigenvalue weighted by molar-refractivity contribution is 6.04. The second-order valence-electron chi connectivity index (χ2n) is 7.52. The first-order valence-corrected chi connectivity index (χ1v) is 8.70. The molecule has 3 fully saturated rings. The molecule has 1 aliphatic carbocycles. The Morgan fingerprint density at radius 3 is 2.17 bits per heavy atom. The van der Waals surface area contributed by atoms with Gasteiger partial charge in [-0.15, -0.1) is 0 Å². The molecule has 0 bridgehead atoms. The van der Waals surface area contributed by atoms with Crippen LogP contribution in [0.5, 0.6) is 0 Å². The van der Waals surface area contributed by atoms with E-state index >= 15 is 0 Å². The topological polar surface area (TPSA) is 60.9 Å². The van der Waals surface area contributed by atoms with E-state index < -0.39 is 0 Å². The minimum absolute atomic E-state index is 0.0742. The number of carbonyl (C=O) groups is 3. The summed E-state index contributed by atoms with van der Waals surface area (Å²) >= 11 is 0. The number of piperidine rings is 1. The summed E-state index contributed by atoms with van der Waals surface area (Å²) in [5, 5.41) is 0. The molecule has 2 saturated heterocycles. The van der Waals surface area contributed by atoms with Gasteiger partial charge in [0.15, 0.2) is 0 Å². The Labute approximate surface area is 137 Å². The summed E-state index contributed by atoms with van der Waals surface area (Å²) in [6.45, 7) is 1.37. The van der Waals surface area contributed by atoms with Gasteiger partial charge in [0.1, 0.15) is 6.54 Å². The Morgan fingerprint density at radius 1 is 1.13 bits per heavy atom. The van der Waals surface area contributed by atoms with Crippen molar-refractivity contribution < 1.29 is 14.4 Å². The molecule has 0 aromatic carbocycles. The summed E-state index contributed by atoms with van der Waals surface area (Å²) in [4.78, 5) is 41.0. The van der Waals surface area contributed by atoms with Crippen LogP contribution in [0.1, 0.15) is 44.9 Å². The van der Waals surface area contributed by atoms with E-state index in [9.17, 15) is 14.4 Å². The SMILES string of the molecule is CN(C)C1(CC2CC2)CCN(C(=O)CN2C(=O)CCC2=O)CC1. The Hall–Kier alpha value is -1.43. The molecule has 0 radical (unpaired) electrons. The lowest BCUT2D eigenvalue weighted by Gasteiger charge is -2.46. The van der Waals surface area contributed by atoms with Gasteiger partial charge in [0.25, 0.3) is 0 Å². The Morgan fingerprint density at radius 2 is 1.70 bits per heavy atom. The predicted octanol–water partition coefficient (Wildman–Crippen LogP) is 0.858. The third kappa shape index (κ3) is 3.42. The molecule has 3 aliphatic rings. The van der Waals surface area contributed by atoms with Crippen LogP contribution in [0.2, 0.25) is 0 Å². The van der Waals surface area contributed by atoms with E-state index in [0.29, 0.717) is 0 Å². The molecule has 0 aromatic rings. The van der Waals surface area contributed by atoms with Crippen molar-refractivity contribution in [1.82, 2.24) is 14.7 Å². The van der Waals surface area contributed by atoms with Crippen LogP contribution in [0.4, 0.5) is 0 Å². The number of carbonyl (C=O) groups excluding carboxylic acids is 3. The minimum Gasteiger partial charge on any atom is -0.341 e. The number of amides is 3. The number of imide groups is 1. The van der Waals surface area contributed by atoms with Gasteiger partial charge in [-0.2, -0.15) is 0 Å². The predicted molar refractivity (Wildman–Crippen MR) is 85.5 cm³/mol. The first-order chi connectivity index (χ1) is 10.9. The lowest BCUT2D eigenvalue weighted by Crippen LogP contribution is -2.55. The number of nitrogens with zero attached hydrogens (tertiary/aromatic N) is 3. The summed E-state index contributed by atoms with van der Waals surface area (Å²) in [6.07, 6.45) is 6.36. The van der Waals surface area contributed by atoms with Gasteiger partial charge in [0.05, 0.1) is 0 Å². The van der Waals surface area contributed by atoms with Crippen molar-refractivity contribution in [3.63, 3.8) is 0 Å². The highest BCUT2D eigenvalue weighted by Crippen LogP contribution is 2.42. The highest BCUT2D eigenvalue weighted by Gasteiger charge is 2.42. The Balaban J connectivity index is 1.56. The van der Waals surface area contributed by atoms with Gasteiger partial charge >= 0.3 is 0 Å². The van der Waals surface area contributed by atoms with Gasteiger partial charge in [-0.1, -0.05) is 12.8 Å². The molecule has 0 atom stereocenters. The van der Waals surface area contributed by atoms with Crippen LogP contribution in [0.3, 0.4) is 0 Å². The second kappa shape index (κ2) is 6.23. The summed E-state index contributed by atoms with van der Waals surface area (Å²) in [7, 11) is 4.28. The van der Waals surface area contributed by atoms with Crippen LogP contribution in [-0.4, -0.2) is 71.7 Å². The van der Waals surface area contributed by atoms with E-state index in [1.807, 2.05) is 4.90 Å². The van der Waals surface area contributed by atoms with Crippen molar-refractivity contribution in [2.75, 3.05) is 33.7 Å². The van der Waals surface area contributed by atoms with E-state index in [2.05, 4.69) is 19.0 Å². The molecule has 0 aromatic heterocycles. The maximum atomic E-state index is 12.4. The van der Waals surface area contributed by atoms with Crippen LogP contribution in [0.15, 0.2) is 0 Å². The third-order valence-corrected chi connectivity index (χ3v) is 5.81. The van der Waals surface area contributed by atoms with E-state index in [-0.39, 0.29) is 42.6 Å². The number of hydrogen-bond donors (Lipinski definition) is 0. The standard InChI is InChI=1S/C17H27N3O3/c1-18(2)17(11-13-3-4-13)7-9-19(10-8-17)16(23)12-20-14(21)5-6-15(20)22/h13H,3-12H2,1-2H3. The Bertz CT molecular complexity index is 489. The third-order valence-electron chi connectivity index (χ3n) is 5.81. The second-order valence-corrected chi connectivity index (χ2v) is 7.52. The molecule has 2 heterocycles. The van der Waals surface area contributed by atoms with Crippen molar-refractivity contribution in [1.29, 1.82) is 0 Å². The summed E-state index contributed by atoms with van der Waals surface area (Å²) in [6, 6.07) is 0. The monoisotopic (exact) mass is 321 g/mol. The molecule has 0 N–H and O–H groups in total. The average Bonchev–Trinajstić information content (AvgIpc) is 3.28.